The molecule has 6 rings (SSSR count). The summed E-state index contributed by atoms with van der Waals surface area (Å²) in [6.45, 7) is 3.08. The number of carbonyl (C=O) groups is 1. The third-order valence-electron chi connectivity index (χ3n) is 8.32. The Balaban J connectivity index is 1.37. The number of likely N-dealkylation sites (tertiary alicyclic amines) is 1. The molecular weight excluding hydrogens is 445 g/mol. The van der Waals surface area contributed by atoms with Gasteiger partial charge in [0.15, 0.2) is 0 Å². The third kappa shape index (κ3) is 3.81. The van der Waals surface area contributed by atoms with Crippen LogP contribution >= 0.6 is 0 Å². The second-order valence-electron chi connectivity index (χ2n) is 10.4. The summed E-state index contributed by atoms with van der Waals surface area (Å²) in [5, 5.41) is 11.6. The van der Waals surface area contributed by atoms with Crippen LogP contribution < -0.4 is 4.74 Å². The van der Waals surface area contributed by atoms with Gasteiger partial charge < -0.3 is 19.7 Å². The van der Waals surface area contributed by atoms with Crippen molar-refractivity contribution >= 4 is 16.8 Å². The molecule has 1 saturated heterocycles. The van der Waals surface area contributed by atoms with Crippen LogP contribution in [0.2, 0.25) is 0 Å². The van der Waals surface area contributed by atoms with E-state index in [1.165, 1.54) is 29.9 Å². The van der Waals surface area contributed by atoms with Crippen molar-refractivity contribution in [1.29, 1.82) is 0 Å². The molecule has 6 nitrogen and oxygen atoms in total. The van der Waals surface area contributed by atoms with E-state index in [9.17, 15) is 14.3 Å². The Hall–Kier alpha value is -2.90. The number of hydrogen-bond acceptors (Lipinski definition) is 4. The van der Waals surface area contributed by atoms with Gasteiger partial charge in [-0.1, -0.05) is 12.1 Å². The minimum Gasteiger partial charge on any atom is -0.497 e. The van der Waals surface area contributed by atoms with Crippen molar-refractivity contribution in [3.05, 3.63) is 65.1 Å². The summed E-state index contributed by atoms with van der Waals surface area (Å²) in [7, 11) is 1.67. The number of methoxy groups -OCH3 is 1. The molecule has 1 spiro atoms. The molecule has 0 bridgehead atoms. The zero-order chi connectivity index (χ0) is 24.2. The molecule has 0 unspecified atom stereocenters. The van der Waals surface area contributed by atoms with Crippen molar-refractivity contribution < 1.29 is 19.0 Å². The third-order valence-corrected chi connectivity index (χ3v) is 8.32. The van der Waals surface area contributed by atoms with Gasteiger partial charge in [0.2, 0.25) is 0 Å². The number of aromatic amines is 1. The van der Waals surface area contributed by atoms with E-state index in [0.717, 1.165) is 42.9 Å². The maximum Gasteiger partial charge on any atom is 0.256 e. The molecule has 3 aromatic rings. The first-order chi connectivity index (χ1) is 17.0. The Labute approximate surface area is 204 Å². The van der Waals surface area contributed by atoms with Gasteiger partial charge in [0.25, 0.3) is 5.91 Å². The number of aliphatic hydroxyl groups is 1. The predicted molar refractivity (Wildman–Crippen MR) is 132 cm³/mol. The lowest BCUT2D eigenvalue weighted by Crippen LogP contribution is -2.55. The van der Waals surface area contributed by atoms with Crippen LogP contribution in [0.15, 0.2) is 42.5 Å². The SMILES string of the molecule is COc1ccc2c3c([nH]c2c1)[C@H](CO)N(CC1CC1)CC31CCN(C(=O)c2ccccc2F)CC1. The average molecular weight is 478 g/mol. The number of benzene rings is 2. The number of amides is 1. The maximum atomic E-state index is 14.3. The fraction of sp³-hybridized carbons (Fsp3) is 0.464. The molecule has 1 amide bonds. The highest BCUT2D eigenvalue weighted by Gasteiger charge is 2.48. The number of halogens is 1. The van der Waals surface area contributed by atoms with Crippen molar-refractivity contribution in [2.75, 3.05) is 39.9 Å². The standard InChI is InChI=1S/C28H32FN3O3/c1-35-19-8-9-21-23(14-19)30-26-24(16-33)32(15-18-6-7-18)17-28(25(21)26)10-12-31(13-11-28)27(34)20-4-2-3-5-22(20)29/h2-5,8-9,14,18,24,30,33H,6-7,10-13,15-17H2,1H3/t24-/m0/s1. The lowest BCUT2D eigenvalue weighted by Gasteiger charge is -2.50. The number of aromatic nitrogens is 1. The van der Waals surface area contributed by atoms with Crippen molar-refractivity contribution in [2.45, 2.75) is 37.1 Å². The number of piperidine rings is 1. The van der Waals surface area contributed by atoms with Crippen molar-refractivity contribution in [3.8, 4) is 5.75 Å². The molecule has 184 valence electrons. The normalized spacial score (nSPS) is 21.9. The van der Waals surface area contributed by atoms with Crippen molar-refractivity contribution in [1.82, 2.24) is 14.8 Å². The van der Waals surface area contributed by atoms with E-state index in [-0.39, 0.29) is 29.5 Å². The molecule has 35 heavy (non-hydrogen) atoms. The molecule has 2 aromatic carbocycles. The minimum absolute atomic E-state index is 0.0623. The molecule has 3 aliphatic rings. The molecule has 0 radical (unpaired) electrons. The number of H-pyrrole nitrogens is 1. The highest BCUT2D eigenvalue weighted by molar-refractivity contribution is 5.94. The zero-order valence-corrected chi connectivity index (χ0v) is 20.1. The van der Waals surface area contributed by atoms with E-state index >= 15 is 0 Å². The van der Waals surface area contributed by atoms with Crippen LogP contribution in [0.3, 0.4) is 0 Å². The first-order valence-electron chi connectivity index (χ1n) is 12.6. The van der Waals surface area contributed by atoms with E-state index < -0.39 is 5.82 Å². The number of fused-ring (bicyclic) bond motifs is 4. The number of carbonyl (C=O) groups excluding carboxylic acids is 1. The van der Waals surface area contributed by atoms with E-state index in [0.29, 0.717) is 19.0 Å². The minimum atomic E-state index is -0.468. The Kier molecular flexibility index (Phi) is 5.57. The summed E-state index contributed by atoms with van der Waals surface area (Å²) < 4.78 is 19.8. The van der Waals surface area contributed by atoms with E-state index in [2.05, 4.69) is 16.0 Å². The Bertz CT molecular complexity index is 1260. The van der Waals surface area contributed by atoms with E-state index in [4.69, 9.17) is 4.74 Å². The molecule has 1 aromatic heterocycles. The fourth-order valence-corrected chi connectivity index (χ4v) is 6.29. The molecule has 2 N–H and O–H groups in total. The van der Waals surface area contributed by atoms with E-state index in [1.807, 2.05) is 12.1 Å². The van der Waals surface area contributed by atoms with Gasteiger partial charge in [0.1, 0.15) is 11.6 Å². The molecule has 2 fully saturated rings. The summed E-state index contributed by atoms with van der Waals surface area (Å²) in [5.41, 5.74) is 3.40. The largest absolute Gasteiger partial charge is 0.497 e. The van der Waals surface area contributed by atoms with Gasteiger partial charge >= 0.3 is 0 Å². The molecule has 1 aliphatic carbocycles. The van der Waals surface area contributed by atoms with Gasteiger partial charge in [-0.25, -0.2) is 4.39 Å². The van der Waals surface area contributed by atoms with Crippen LogP contribution in [-0.4, -0.2) is 65.7 Å². The summed E-state index contributed by atoms with van der Waals surface area (Å²) in [4.78, 5) is 21.0. The Morgan fingerprint density at radius 1 is 1.20 bits per heavy atom. The second-order valence-corrected chi connectivity index (χ2v) is 10.4. The van der Waals surface area contributed by atoms with Gasteiger partial charge in [0.05, 0.1) is 25.3 Å². The number of hydrogen-bond donors (Lipinski definition) is 2. The molecule has 3 heterocycles. The number of ether oxygens (including phenoxy) is 1. The van der Waals surface area contributed by atoms with Crippen LogP contribution in [0, 0.1) is 11.7 Å². The quantitative estimate of drug-likeness (QED) is 0.577. The van der Waals surface area contributed by atoms with Crippen molar-refractivity contribution in [3.63, 3.8) is 0 Å². The predicted octanol–water partition coefficient (Wildman–Crippen LogP) is 4.25. The molecule has 1 saturated carbocycles. The molecule has 2 aliphatic heterocycles. The second kappa shape index (κ2) is 8.64. The fourth-order valence-electron chi connectivity index (χ4n) is 6.29. The highest BCUT2D eigenvalue weighted by atomic mass is 19.1. The smallest absolute Gasteiger partial charge is 0.256 e. The highest BCUT2D eigenvalue weighted by Crippen LogP contribution is 2.50. The van der Waals surface area contributed by atoms with Crippen molar-refractivity contribution in [2.24, 2.45) is 5.92 Å². The number of aliphatic hydroxyl groups excluding tert-OH is 1. The van der Waals surface area contributed by atoms with Crippen LogP contribution in [0.5, 0.6) is 5.75 Å². The van der Waals surface area contributed by atoms with Crippen LogP contribution in [0.1, 0.15) is 53.3 Å². The summed E-state index contributed by atoms with van der Waals surface area (Å²) in [6, 6.07) is 12.3. The first-order valence-corrected chi connectivity index (χ1v) is 12.6. The van der Waals surface area contributed by atoms with Gasteiger partial charge in [-0.05, 0) is 61.4 Å². The maximum absolute atomic E-state index is 14.3. The van der Waals surface area contributed by atoms with E-state index in [1.54, 1.807) is 30.2 Å². The molecule has 7 heteroatoms. The Morgan fingerprint density at radius 2 is 1.97 bits per heavy atom. The summed E-state index contributed by atoms with van der Waals surface area (Å²) in [5.74, 6) is 0.797. The topological polar surface area (TPSA) is 68.8 Å². The molecular formula is C28H32FN3O3. The van der Waals surface area contributed by atoms with Gasteiger partial charge in [-0.2, -0.15) is 0 Å². The Morgan fingerprint density at radius 3 is 2.66 bits per heavy atom. The van der Waals surface area contributed by atoms with Gasteiger partial charge in [0, 0.05) is 54.3 Å². The summed E-state index contributed by atoms with van der Waals surface area (Å²) in [6.07, 6.45) is 4.11. The van der Waals surface area contributed by atoms with Crippen LogP contribution in [-0.2, 0) is 5.41 Å². The number of nitrogens with one attached hydrogen (secondary N) is 1. The average Bonchev–Trinajstić information content (AvgIpc) is 3.61. The van der Waals surface area contributed by atoms with Gasteiger partial charge in [-0.15, -0.1) is 0 Å². The first kappa shape index (κ1) is 22.6. The monoisotopic (exact) mass is 477 g/mol. The zero-order valence-electron chi connectivity index (χ0n) is 20.1. The van der Waals surface area contributed by atoms with Crippen LogP contribution in [0.4, 0.5) is 4.39 Å². The summed E-state index contributed by atoms with van der Waals surface area (Å²) >= 11 is 0. The van der Waals surface area contributed by atoms with Gasteiger partial charge in [-0.3, -0.25) is 9.69 Å². The lowest BCUT2D eigenvalue weighted by molar-refractivity contribution is 0.0400. The van der Waals surface area contributed by atoms with Crippen LogP contribution in [0.25, 0.3) is 10.9 Å². The number of nitrogens with zero attached hydrogens (tertiary/aromatic N) is 2. The lowest BCUT2D eigenvalue weighted by atomic mass is 9.68. The number of rotatable bonds is 5. The molecule has 1 atom stereocenters.